The van der Waals surface area contributed by atoms with Crippen LogP contribution in [0.5, 0.6) is 17.2 Å². The Kier molecular flexibility index (Phi) is 11.8. The van der Waals surface area contributed by atoms with Crippen molar-refractivity contribution in [3.8, 4) is 17.2 Å². The SMILES string of the molecule is CCCOc1c(/C=N\NC(=O)[C@@H](CC(C)C)NC(=O)[C@@H](C)Oc2ccc(Cl)cc2Cl)cccc1OC. The molecule has 0 aromatic heterocycles. The van der Waals surface area contributed by atoms with Crippen LogP contribution < -0.4 is 25.0 Å². The molecule has 0 radical (unpaired) electrons. The minimum Gasteiger partial charge on any atom is -0.493 e. The van der Waals surface area contributed by atoms with Gasteiger partial charge in [0.05, 0.1) is 25.0 Å². The number of benzene rings is 2. The molecule has 36 heavy (non-hydrogen) atoms. The van der Waals surface area contributed by atoms with Crippen LogP contribution in [0.2, 0.25) is 10.0 Å². The van der Waals surface area contributed by atoms with Gasteiger partial charge in [-0.3, -0.25) is 9.59 Å². The first-order valence-corrected chi connectivity index (χ1v) is 12.5. The maximum Gasteiger partial charge on any atom is 0.262 e. The normalized spacial score (nSPS) is 12.8. The smallest absolute Gasteiger partial charge is 0.262 e. The lowest BCUT2D eigenvalue weighted by molar-refractivity contribution is -0.132. The summed E-state index contributed by atoms with van der Waals surface area (Å²) in [5.41, 5.74) is 3.16. The first-order chi connectivity index (χ1) is 17.2. The molecule has 196 valence electrons. The molecular formula is C26H33Cl2N3O5. The Balaban J connectivity index is 2.07. The minimum absolute atomic E-state index is 0.138. The van der Waals surface area contributed by atoms with Crippen LogP contribution in [0.4, 0.5) is 0 Å². The highest BCUT2D eigenvalue weighted by Gasteiger charge is 2.25. The van der Waals surface area contributed by atoms with Gasteiger partial charge in [-0.1, -0.05) is 50.0 Å². The molecule has 0 unspecified atom stereocenters. The summed E-state index contributed by atoms with van der Waals surface area (Å²) in [5.74, 6) is 0.645. The number of halogens is 2. The van der Waals surface area contributed by atoms with Gasteiger partial charge in [0.15, 0.2) is 17.6 Å². The van der Waals surface area contributed by atoms with Gasteiger partial charge in [0.2, 0.25) is 0 Å². The van der Waals surface area contributed by atoms with Crippen molar-refractivity contribution in [1.82, 2.24) is 10.7 Å². The van der Waals surface area contributed by atoms with E-state index in [0.717, 1.165) is 6.42 Å². The van der Waals surface area contributed by atoms with Crippen LogP contribution in [-0.4, -0.2) is 43.9 Å². The zero-order chi connectivity index (χ0) is 26.7. The second-order valence-corrected chi connectivity index (χ2v) is 9.33. The predicted molar refractivity (Wildman–Crippen MR) is 142 cm³/mol. The Morgan fingerprint density at radius 3 is 2.47 bits per heavy atom. The number of nitrogens with one attached hydrogen (secondary N) is 2. The van der Waals surface area contributed by atoms with E-state index in [1.807, 2.05) is 20.8 Å². The van der Waals surface area contributed by atoms with E-state index in [1.54, 1.807) is 44.4 Å². The molecule has 10 heteroatoms. The molecule has 0 spiro atoms. The molecule has 0 saturated heterocycles. The molecule has 2 aromatic rings. The van der Waals surface area contributed by atoms with Crippen LogP contribution in [0, 0.1) is 5.92 Å². The fourth-order valence-corrected chi connectivity index (χ4v) is 3.66. The van der Waals surface area contributed by atoms with Crippen molar-refractivity contribution in [2.45, 2.75) is 52.7 Å². The van der Waals surface area contributed by atoms with E-state index in [2.05, 4.69) is 15.8 Å². The molecule has 0 fully saturated rings. The maximum absolute atomic E-state index is 12.9. The van der Waals surface area contributed by atoms with Crippen molar-refractivity contribution < 1.29 is 23.8 Å². The zero-order valence-corrected chi connectivity index (χ0v) is 22.7. The van der Waals surface area contributed by atoms with Gasteiger partial charge in [-0.2, -0.15) is 5.10 Å². The number of hydrazone groups is 1. The molecule has 2 N–H and O–H groups in total. The van der Waals surface area contributed by atoms with E-state index in [1.165, 1.54) is 12.3 Å². The lowest BCUT2D eigenvalue weighted by atomic mass is 10.0. The molecule has 0 aliphatic rings. The Labute approximate surface area is 222 Å². The van der Waals surface area contributed by atoms with Crippen molar-refractivity contribution in [2.75, 3.05) is 13.7 Å². The summed E-state index contributed by atoms with van der Waals surface area (Å²) in [5, 5.41) is 7.56. The van der Waals surface area contributed by atoms with Gasteiger partial charge in [0, 0.05) is 10.6 Å². The molecule has 0 bridgehead atoms. The third kappa shape index (κ3) is 8.91. The number of amides is 2. The van der Waals surface area contributed by atoms with Crippen molar-refractivity contribution >= 4 is 41.2 Å². The number of rotatable bonds is 13. The topological polar surface area (TPSA) is 98.2 Å². The van der Waals surface area contributed by atoms with Crippen LogP contribution in [-0.2, 0) is 9.59 Å². The summed E-state index contributed by atoms with van der Waals surface area (Å²) >= 11 is 12.0. The monoisotopic (exact) mass is 537 g/mol. The summed E-state index contributed by atoms with van der Waals surface area (Å²) in [6.45, 7) is 8.00. The highest BCUT2D eigenvalue weighted by molar-refractivity contribution is 6.35. The Morgan fingerprint density at radius 2 is 1.83 bits per heavy atom. The summed E-state index contributed by atoms with van der Waals surface area (Å²) in [6, 6.07) is 9.30. The molecule has 2 atom stereocenters. The number of methoxy groups -OCH3 is 1. The molecule has 2 amide bonds. The van der Waals surface area contributed by atoms with Gasteiger partial charge in [-0.25, -0.2) is 5.43 Å². The fourth-order valence-electron chi connectivity index (χ4n) is 3.20. The van der Waals surface area contributed by atoms with Crippen LogP contribution in [0.15, 0.2) is 41.5 Å². The van der Waals surface area contributed by atoms with E-state index in [9.17, 15) is 9.59 Å². The number of hydrogen-bond acceptors (Lipinski definition) is 6. The molecule has 2 aromatic carbocycles. The van der Waals surface area contributed by atoms with E-state index in [4.69, 9.17) is 37.4 Å². The van der Waals surface area contributed by atoms with E-state index in [0.29, 0.717) is 40.9 Å². The van der Waals surface area contributed by atoms with Crippen molar-refractivity contribution in [2.24, 2.45) is 11.0 Å². The standard InChI is InChI=1S/C26H33Cl2N3O5/c1-6-12-35-24-18(8-7-9-23(24)34-5)15-29-31-26(33)21(13-16(2)3)30-25(32)17(4)36-22-11-10-19(27)14-20(22)28/h7-11,14-17,21H,6,12-13H2,1-5H3,(H,30,32)(H,31,33)/b29-15-/t17-,21-/m1/s1. The lowest BCUT2D eigenvalue weighted by Gasteiger charge is -2.22. The summed E-state index contributed by atoms with van der Waals surface area (Å²) < 4.78 is 16.8. The average molecular weight is 538 g/mol. The van der Waals surface area contributed by atoms with Gasteiger partial charge < -0.3 is 19.5 Å². The minimum atomic E-state index is -0.898. The third-order valence-electron chi connectivity index (χ3n) is 4.97. The van der Waals surface area contributed by atoms with Crippen LogP contribution in [0.1, 0.15) is 46.1 Å². The summed E-state index contributed by atoms with van der Waals surface area (Å²) in [7, 11) is 1.56. The lowest BCUT2D eigenvalue weighted by Crippen LogP contribution is -2.49. The largest absolute Gasteiger partial charge is 0.493 e. The van der Waals surface area contributed by atoms with Crippen molar-refractivity contribution in [3.05, 3.63) is 52.0 Å². The number of carbonyl (C=O) groups excluding carboxylic acids is 2. The Hall–Kier alpha value is -2.97. The molecule has 0 aliphatic heterocycles. The van der Waals surface area contributed by atoms with Gasteiger partial charge >= 0.3 is 0 Å². The van der Waals surface area contributed by atoms with Gasteiger partial charge in [0.1, 0.15) is 11.8 Å². The van der Waals surface area contributed by atoms with Crippen LogP contribution in [0.3, 0.4) is 0 Å². The van der Waals surface area contributed by atoms with Crippen LogP contribution in [0.25, 0.3) is 0 Å². The van der Waals surface area contributed by atoms with E-state index < -0.39 is 24.0 Å². The quantitative estimate of drug-likeness (QED) is 0.269. The van der Waals surface area contributed by atoms with Crippen LogP contribution >= 0.6 is 23.2 Å². The second kappa shape index (κ2) is 14.6. The van der Waals surface area contributed by atoms with Crippen molar-refractivity contribution in [3.63, 3.8) is 0 Å². The predicted octanol–water partition coefficient (Wildman–Crippen LogP) is 5.24. The van der Waals surface area contributed by atoms with Crippen molar-refractivity contribution in [1.29, 1.82) is 0 Å². The average Bonchev–Trinajstić information content (AvgIpc) is 2.83. The first-order valence-electron chi connectivity index (χ1n) is 11.7. The summed E-state index contributed by atoms with van der Waals surface area (Å²) in [4.78, 5) is 25.7. The second-order valence-electron chi connectivity index (χ2n) is 8.49. The molecule has 0 heterocycles. The molecular weight excluding hydrogens is 505 g/mol. The first kappa shape index (κ1) is 29.3. The molecule has 0 saturated carbocycles. The fraction of sp³-hybridized carbons (Fsp3) is 0.423. The number of hydrogen-bond donors (Lipinski definition) is 2. The number of para-hydroxylation sites is 1. The number of nitrogens with zero attached hydrogens (tertiary/aromatic N) is 1. The van der Waals surface area contributed by atoms with Gasteiger partial charge in [-0.15, -0.1) is 0 Å². The summed E-state index contributed by atoms with van der Waals surface area (Å²) in [6.07, 6.45) is 1.82. The van der Waals surface area contributed by atoms with E-state index in [-0.39, 0.29) is 10.9 Å². The highest BCUT2D eigenvalue weighted by atomic mass is 35.5. The molecule has 8 nitrogen and oxygen atoms in total. The zero-order valence-electron chi connectivity index (χ0n) is 21.1. The van der Waals surface area contributed by atoms with E-state index >= 15 is 0 Å². The molecule has 2 rings (SSSR count). The Morgan fingerprint density at radius 1 is 1.08 bits per heavy atom. The Bertz CT molecular complexity index is 1060. The third-order valence-corrected chi connectivity index (χ3v) is 5.50. The molecule has 0 aliphatic carbocycles. The number of carbonyl (C=O) groups is 2. The maximum atomic E-state index is 12.9. The van der Waals surface area contributed by atoms with Gasteiger partial charge in [-0.05, 0) is 56.0 Å². The number of ether oxygens (including phenoxy) is 3. The highest BCUT2D eigenvalue weighted by Crippen LogP contribution is 2.30. The van der Waals surface area contributed by atoms with Gasteiger partial charge in [0.25, 0.3) is 11.8 Å².